The van der Waals surface area contributed by atoms with Crippen LogP contribution in [0.25, 0.3) is 17.1 Å². The van der Waals surface area contributed by atoms with Crippen LogP contribution in [-0.4, -0.2) is 33.0 Å². The second-order valence-electron chi connectivity index (χ2n) is 7.78. The minimum Gasteiger partial charge on any atom is -0.381 e. The fourth-order valence-corrected chi connectivity index (χ4v) is 4.25. The van der Waals surface area contributed by atoms with Gasteiger partial charge >= 0.3 is 0 Å². The highest BCUT2D eigenvalue weighted by Crippen LogP contribution is 2.30. The molecule has 5 rings (SSSR count). The van der Waals surface area contributed by atoms with Crippen LogP contribution in [-0.2, 0) is 17.6 Å². The maximum Gasteiger partial charge on any atom is 0.259 e. The van der Waals surface area contributed by atoms with Crippen molar-refractivity contribution in [3.05, 3.63) is 63.3 Å². The van der Waals surface area contributed by atoms with Crippen molar-refractivity contribution >= 4 is 0 Å². The molecule has 1 saturated heterocycles. The van der Waals surface area contributed by atoms with Gasteiger partial charge in [-0.3, -0.25) is 4.79 Å². The number of hydrogen-bond donors (Lipinski definition) is 1. The molecule has 6 nitrogen and oxygen atoms in total. The standard InChI is InChI=1S/C22H24N4O2/c1-14-5-8-19(22(27)23-14)21-24-20(16-9-11-28-12-10-16)25-26(21)18-7-6-15-3-2-4-17(15)13-18/h5-8,13,16H,2-4,9-12H2,1H3,(H,23,27). The average molecular weight is 376 g/mol. The Kier molecular flexibility index (Phi) is 4.36. The van der Waals surface area contributed by atoms with Gasteiger partial charge in [0.05, 0.1) is 11.3 Å². The van der Waals surface area contributed by atoms with Gasteiger partial charge in [0.1, 0.15) is 0 Å². The first-order valence-corrected chi connectivity index (χ1v) is 10.1. The summed E-state index contributed by atoms with van der Waals surface area (Å²) in [5.74, 6) is 1.69. The van der Waals surface area contributed by atoms with Crippen LogP contribution in [0.4, 0.5) is 0 Å². The fraction of sp³-hybridized carbons (Fsp3) is 0.409. The first-order valence-electron chi connectivity index (χ1n) is 10.1. The number of aromatic amines is 1. The number of benzene rings is 1. The average Bonchev–Trinajstić information content (AvgIpc) is 3.35. The lowest BCUT2D eigenvalue weighted by atomic mass is 10.00. The number of nitrogens with zero attached hydrogens (tertiary/aromatic N) is 3. The van der Waals surface area contributed by atoms with Crippen LogP contribution in [0.2, 0.25) is 0 Å². The molecular formula is C22H24N4O2. The molecule has 0 atom stereocenters. The Morgan fingerprint density at radius 2 is 1.93 bits per heavy atom. The number of rotatable bonds is 3. The maximum absolute atomic E-state index is 12.6. The van der Waals surface area contributed by atoms with Crippen molar-refractivity contribution in [3.63, 3.8) is 0 Å². The predicted octanol–water partition coefficient (Wildman–Crippen LogP) is 3.31. The number of aromatic nitrogens is 4. The van der Waals surface area contributed by atoms with Gasteiger partial charge in [-0.05, 0) is 74.4 Å². The zero-order valence-electron chi connectivity index (χ0n) is 16.1. The van der Waals surface area contributed by atoms with Crippen molar-refractivity contribution in [1.29, 1.82) is 0 Å². The second-order valence-corrected chi connectivity index (χ2v) is 7.78. The number of aryl methyl sites for hydroxylation is 3. The highest BCUT2D eigenvalue weighted by Gasteiger charge is 2.24. The van der Waals surface area contributed by atoms with Crippen LogP contribution in [0.5, 0.6) is 0 Å². The van der Waals surface area contributed by atoms with Crippen molar-refractivity contribution in [1.82, 2.24) is 19.7 Å². The van der Waals surface area contributed by atoms with Gasteiger partial charge in [-0.25, -0.2) is 9.67 Å². The van der Waals surface area contributed by atoms with Crippen molar-refractivity contribution in [2.75, 3.05) is 13.2 Å². The summed E-state index contributed by atoms with van der Waals surface area (Å²) in [5, 5.41) is 4.87. The Morgan fingerprint density at radius 1 is 1.11 bits per heavy atom. The molecule has 28 heavy (non-hydrogen) atoms. The van der Waals surface area contributed by atoms with Gasteiger partial charge in [-0.2, -0.15) is 5.10 Å². The number of H-pyrrole nitrogens is 1. The monoisotopic (exact) mass is 376 g/mol. The summed E-state index contributed by atoms with van der Waals surface area (Å²) < 4.78 is 7.34. The van der Waals surface area contributed by atoms with Crippen LogP contribution in [0.15, 0.2) is 35.1 Å². The van der Waals surface area contributed by atoms with Crippen LogP contribution in [0.1, 0.15) is 47.8 Å². The van der Waals surface area contributed by atoms with E-state index in [0.29, 0.717) is 11.4 Å². The van der Waals surface area contributed by atoms with Gasteiger partial charge in [0.2, 0.25) is 0 Å². The summed E-state index contributed by atoms with van der Waals surface area (Å²) in [6.07, 6.45) is 5.28. The number of fused-ring (bicyclic) bond motifs is 1. The van der Waals surface area contributed by atoms with Gasteiger partial charge in [0.15, 0.2) is 11.6 Å². The molecule has 0 saturated carbocycles. The summed E-state index contributed by atoms with van der Waals surface area (Å²) in [6.45, 7) is 3.35. The summed E-state index contributed by atoms with van der Waals surface area (Å²) in [5.41, 5.74) is 5.03. The van der Waals surface area contributed by atoms with Crippen LogP contribution in [0.3, 0.4) is 0 Å². The van der Waals surface area contributed by atoms with E-state index in [1.165, 1.54) is 17.5 Å². The third-order valence-electron chi connectivity index (χ3n) is 5.83. The maximum atomic E-state index is 12.6. The molecule has 0 spiro atoms. The molecule has 6 heteroatoms. The smallest absolute Gasteiger partial charge is 0.259 e. The largest absolute Gasteiger partial charge is 0.381 e. The van der Waals surface area contributed by atoms with Crippen molar-refractivity contribution in [2.24, 2.45) is 0 Å². The molecular weight excluding hydrogens is 352 g/mol. The number of hydrogen-bond acceptors (Lipinski definition) is 4. The highest BCUT2D eigenvalue weighted by molar-refractivity contribution is 5.58. The molecule has 2 aromatic heterocycles. The Balaban J connectivity index is 1.65. The van der Waals surface area contributed by atoms with Gasteiger partial charge in [-0.15, -0.1) is 0 Å². The van der Waals surface area contributed by atoms with Gasteiger partial charge < -0.3 is 9.72 Å². The van der Waals surface area contributed by atoms with E-state index in [1.807, 2.05) is 23.7 Å². The molecule has 0 amide bonds. The minimum atomic E-state index is -0.131. The van der Waals surface area contributed by atoms with Gasteiger partial charge in [0, 0.05) is 24.8 Å². The number of nitrogens with one attached hydrogen (secondary N) is 1. The van der Waals surface area contributed by atoms with E-state index in [2.05, 4.69) is 23.2 Å². The molecule has 0 unspecified atom stereocenters. The third-order valence-corrected chi connectivity index (χ3v) is 5.83. The molecule has 3 heterocycles. The number of pyridine rings is 1. The van der Waals surface area contributed by atoms with E-state index in [-0.39, 0.29) is 11.5 Å². The minimum absolute atomic E-state index is 0.131. The zero-order valence-corrected chi connectivity index (χ0v) is 16.1. The second kappa shape index (κ2) is 7.02. The first-order chi connectivity index (χ1) is 13.7. The molecule has 1 aromatic carbocycles. The lowest BCUT2D eigenvalue weighted by Crippen LogP contribution is -2.15. The normalized spacial score (nSPS) is 17.0. The zero-order chi connectivity index (χ0) is 19.1. The van der Waals surface area contributed by atoms with Crippen LogP contribution >= 0.6 is 0 Å². The molecule has 1 aliphatic heterocycles. The van der Waals surface area contributed by atoms with E-state index in [9.17, 15) is 4.79 Å². The molecule has 1 N–H and O–H groups in total. The fourth-order valence-electron chi connectivity index (χ4n) is 4.25. The van der Waals surface area contributed by atoms with Crippen LogP contribution in [0, 0.1) is 6.92 Å². The lowest BCUT2D eigenvalue weighted by Gasteiger charge is -2.18. The van der Waals surface area contributed by atoms with Gasteiger partial charge in [0.25, 0.3) is 5.56 Å². The van der Waals surface area contributed by atoms with E-state index in [4.69, 9.17) is 14.8 Å². The van der Waals surface area contributed by atoms with E-state index < -0.39 is 0 Å². The molecule has 3 aromatic rings. The predicted molar refractivity (Wildman–Crippen MR) is 107 cm³/mol. The quantitative estimate of drug-likeness (QED) is 0.761. The van der Waals surface area contributed by atoms with Crippen molar-refractivity contribution in [2.45, 2.75) is 44.9 Å². The number of ether oxygens (including phenoxy) is 1. The lowest BCUT2D eigenvalue weighted by molar-refractivity contribution is 0.0836. The van der Waals surface area contributed by atoms with E-state index in [0.717, 1.165) is 56.1 Å². The van der Waals surface area contributed by atoms with Crippen molar-refractivity contribution < 1.29 is 4.74 Å². The van der Waals surface area contributed by atoms with Crippen LogP contribution < -0.4 is 5.56 Å². The molecule has 144 valence electrons. The Bertz CT molecular complexity index is 1080. The Morgan fingerprint density at radius 3 is 2.75 bits per heavy atom. The summed E-state index contributed by atoms with van der Waals surface area (Å²) >= 11 is 0. The van der Waals surface area contributed by atoms with Crippen molar-refractivity contribution in [3.8, 4) is 17.1 Å². The first kappa shape index (κ1) is 17.4. The van der Waals surface area contributed by atoms with E-state index >= 15 is 0 Å². The summed E-state index contributed by atoms with van der Waals surface area (Å²) in [6, 6.07) is 10.2. The summed E-state index contributed by atoms with van der Waals surface area (Å²) in [4.78, 5) is 20.4. The third kappa shape index (κ3) is 3.07. The molecule has 2 aliphatic rings. The molecule has 1 aliphatic carbocycles. The molecule has 0 bridgehead atoms. The van der Waals surface area contributed by atoms with E-state index in [1.54, 1.807) is 0 Å². The molecule has 0 radical (unpaired) electrons. The SMILES string of the molecule is Cc1ccc(-c2nc(C3CCOCC3)nn2-c2ccc3c(c2)CCC3)c(=O)[nH]1. The highest BCUT2D eigenvalue weighted by atomic mass is 16.5. The summed E-state index contributed by atoms with van der Waals surface area (Å²) in [7, 11) is 0. The molecule has 1 fully saturated rings. The topological polar surface area (TPSA) is 72.8 Å². The Hall–Kier alpha value is -2.73. The Labute approximate surface area is 163 Å². The van der Waals surface area contributed by atoms with Gasteiger partial charge in [-0.1, -0.05) is 6.07 Å².